The molecule has 0 atom stereocenters. The van der Waals surface area contributed by atoms with Crippen LogP contribution in [0.5, 0.6) is 0 Å². The van der Waals surface area contributed by atoms with Gasteiger partial charge in [0.25, 0.3) is 5.56 Å². The molecule has 0 aliphatic carbocycles. The van der Waals surface area contributed by atoms with Crippen molar-refractivity contribution in [2.24, 2.45) is 0 Å². The molecule has 0 aliphatic rings. The zero-order valence-corrected chi connectivity index (χ0v) is 8.29. The van der Waals surface area contributed by atoms with Gasteiger partial charge >= 0.3 is 0 Å². The Bertz CT molecular complexity index is 593. The molecule has 0 unspecified atom stereocenters. The number of benzene rings is 1. The molecule has 0 aliphatic heterocycles. The van der Waals surface area contributed by atoms with E-state index >= 15 is 0 Å². The first-order chi connectivity index (χ1) is 7.24. The summed E-state index contributed by atoms with van der Waals surface area (Å²) in [5.41, 5.74) is 2.29. The predicted molar refractivity (Wildman–Crippen MR) is 64.8 cm³/mol. The highest BCUT2D eigenvalue weighted by Gasteiger charge is 1.99. The number of rotatable bonds is 2. The molecule has 0 fully saturated rings. The maximum atomic E-state index is 11.5. The van der Waals surface area contributed by atoms with Crippen LogP contribution in [0, 0.1) is 0 Å². The number of fused-ring (bicyclic) bond motifs is 1. The fourth-order valence-corrected chi connectivity index (χ4v) is 1.51. The summed E-state index contributed by atoms with van der Waals surface area (Å²) < 4.78 is 0. The highest BCUT2D eigenvalue weighted by Crippen LogP contribution is 2.14. The first-order valence-corrected chi connectivity index (χ1v) is 4.66. The van der Waals surface area contributed by atoms with Crippen molar-refractivity contribution in [1.29, 1.82) is 0 Å². The van der Waals surface area contributed by atoms with E-state index in [1.54, 1.807) is 12.2 Å². The Morgan fingerprint density at radius 3 is 2.60 bits per heavy atom. The lowest BCUT2D eigenvalue weighted by Crippen LogP contribution is -2.08. The number of aromatic amines is 1. The standard InChI is InChI=1S/C13H11NO/c1-3-9-5-6-11-8-10(4-2)13(15)14-12(11)7-9/h3-8H,1-2H2,(H,14,15). The van der Waals surface area contributed by atoms with E-state index < -0.39 is 0 Å². The number of nitrogens with one attached hydrogen (secondary N) is 1. The molecular formula is C13H11NO. The van der Waals surface area contributed by atoms with Crippen molar-refractivity contribution in [1.82, 2.24) is 4.98 Å². The molecule has 15 heavy (non-hydrogen) atoms. The van der Waals surface area contributed by atoms with Crippen molar-refractivity contribution in [3.63, 3.8) is 0 Å². The van der Waals surface area contributed by atoms with Crippen LogP contribution in [-0.2, 0) is 0 Å². The van der Waals surface area contributed by atoms with Gasteiger partial charge in [-0.1, -0.05) is 37.4 Å². The van der Waals surface area contributed by atoms with Gasteiger partial charge in [0.05, 0.1) is 0 Å². The Kier molecular flexibility index (Phi) is 2.26. The minimum Gasteiger partial charge on any atom is -0.321 e. The van der Waals surface area contributed by atoms with E-state index in [1.807, 2.05) is 24.3 Å². The number of pyridine rings is 1. The van der Waals surface area contributed by atoms with Gasteiger partial charge in [0.1, 0.15) is 0 Å². The summed E-state index contributed by atoms with van der Waals surface area (Å²) in [6.45, 7) is 7.28. The quantitative estimate of drug-likeness (QED) is 0.788. The maximum absolute atomic E-state index is 11.5. The van der Waals surface area contributed by atoms with Crippen LogP contribution in [0.25, 0.3) is 23.1 Å². The van der Waals surface area contributed by atoms with Gasteiger partial charge in [-0.15, -0.1) is 0 Å². The Morgan fingerprint density at radius 2 is 1.93 bits per heavy atom. The highest BCUT2D eigenvalue weighted by atomic mass is 16.1. The van der Waals surface area contributed by atoms with E-state index in [1.165, 1.54) is 0 Å². The summed E-state index contributed by atoms with van der Waals surface area (Å²) in [5.74, 6) is 0. The van der Waals surface area contributed by atoms with Gasteiger partial charge in [-0.05, 0) is 23.1 Å². The number of aromatic nitrogens is 1. The average molecular weight is 197 g/mol. The van der Waals surface area contributed by atoms with Crippen molar-refractivity contribution in [2.45, 2.75) is 0 Å². The zero-order chi connectivity index (χ0) is 10.8. The average Bonchev–Trinajstić information content (AvgIpc) is 2.27. The smallest absolute Gasteiger partial charge is 0.255 e. The van der Waals surface area contributed by atoms with Crippen molar-refractivity contribution < 1.29 is 0 Å². The van der Waals surface area contributed by atoms with Gasteiger partial charge < -0.3 is 4.98 Å². The molecule has 0 bridgehead atoms. The van der Waals surface area contributed by atoms with Crippen molar-refractivity contribution >= 4 is 23.1 Å². The lowest BCUT2D eigenvalue weighted by molar-refractivity contribution is 1.29. The second-order valence-corrected chi connectivity index (χ2v) is 3.31. The monoisotopic (exact) mass is 197 g/mol. The molecule has 1 aromatic heterocycles. The third-order valence-corrected chi connectivity index (χ3v) is 2.35. The molecule has 1 N–H and O–H groups in total. The summed E-state index contributed by atoms with van der Waals surface area (Å²) in [7, 11) is 0. The molecule has 2 aromatic rings. The summed E-state index contributed by atoms with van der Waals surface area (Å²) in [4.78, 5) is 14.3. The minimum absolute atomic E-state index is 0.112. The molecule has 1 aromatic carbocycles. The van der Waals surface area contributed by atoms with E-state index in [0.717, 1.165) is 16.5 Å². The molecule has 0 amide bonds. The van der Waals surface area contributed by atoms with Crippen LogP contribution in [-0.4, -0.2) is 4.98 Å². The lowest BCUT2D eigenvalue weighted by Gasteiger charge is -2.00. The van der Waals surface area contributed by atoms with E-state index in [9.17, 15) is 4.79 Å². The molecule has 2 heteroatoms. The molecule has 0 spiro atoms. The van der Waals surface area contributed by atoms with Crippen LogP contribution in [0.4, 0.5) is 0 Å². The Hall–Kier alpha value is -2.09. The van der Waals surface area contributed by atoms with Gasteiger partial charge in [-0.3, -0.25) is 4.79 Å². The van der Waals surface area contributed by atoms with E-state index in [0.29, 0.717) is 5.56 Å². The Labute approximate surface area is 87.6 Å². The third kappa shape index (κ3) is 1.62. The third-order valence-electron chi connectivity index (χ3n) is 2.35. The molecule has 74 valence electrons. The number of hydrogen-bond acceptors (Lipinski definition) is 1. The predicted octanol–water partition coefficient (Wildman–Crippen LogP) is 2.81. The van der Waals surface area contributed by atoms with Crippen LogP contribution in [0.15, 0.2) is 42.2 Å². The highest BCUT2D eigenvalue weighted by molar-refractivity contribution is 5.82. The summed E-state index contributed by atoms with van der Waals surface area (Å²) >= 11 is 0. The van der Waals surface area contributed by atoms with Gasteiger partial charge in [-0.25, -0.2) is 0 Å². The number of hydrogen-bond donors (Lipinski definition) is 1. The molecule has 0 saturated heterocycles. The summed E-state index contributed by atoms with van der Waals surface area (Å²) in [5, 5.41) is 0.995. The Morgan fingerprint density at radius 1 is 1.13 bits per heavy atom. The molecule has 0 radical (unpaired) electrons. The van der Waals surface area contributed by atoms with E-state index in [-0.39, 0.29) is 5.56 Å². The number of H-pyrrole nitrogens is 1. The second-order valence-electron chi connectivity index (χ2n) is 3.31. The minimum atomic E-state index is -0.112. The van der Waals surface area contributed by atoms with Gasteiger partial charge in [0.2, 0.25) is 0 Å². The van der Waals surface area contributed by atoms with Crippen LogP contribution in [0.3, 0.4) is 0 Å². The van der Waals surface area contributed by atoms with Gasteiger partial charge in [-0.2, -0.15) is 0 Å². The molecule has 0 saturated carbocycles. The summed E-state index contributed by atoms with van der Waals surface area (Å²) in [6.07, 6.45) is 3.30. The Balaban J connectivity index is 2.81. The van der Waals surface area contributed by atoms with Crippen LogP contribution >= 0.6 is 0 Å². The van der Waals surface area contributed by atoms with Crippen LogP contribution in [0.2, 0.25) is 0 Å². The fourth-order valence-electron chi connectivity index (χ4n) is 1.51. The van der Waals surface area contributed by atoms with Crippen LogP contribution < -0.4 is 5.56 Å². The fraction of sp³-hybridized carbons (Fsp3) is 0. The molecule has 2 nitrogen and oxygen atoms in total. The molecule has 2 rings (SSSR count). The van der Waals surface area contributed by atoms with Gasteiger partial charge in [0, 0.05) is 11.1 Å². The van der Waals surface area contributed by atoms with Crippen molar-refractivity contribution in [2.75, 3.05) is 0 Å². The SMILES string of the molecule is C=Cc1ccc2cc(C=C)c(=O)[nH]c2c1. The molecular weight excluding hydrogens is 186 g/mol. The van der Waals surface area contributed by atoms with Gasteiger partial charge in [0.15, 0.2) is 0 Å². The normalized spacial score (nSPS) is 10.1. The zero-order valence-electron chi connectivity index (χ0n) is 8.29. The maximum Gasteiger partial charge on any atom is 0.255 e. The topological polar surface area (TPSA) is 32.9 Å². The van der Waals surface area contributed by atoms with E-state index in [4.69, 9.17) is 0 Å². The van der Waals surface area contributed by atoms with E-state index in [2.05, 4.69) is 18.1 Å². The molecule has 1 heterocycles. The second kappa shape index (κ2) is 3.58. The lowest BCUT2D eigenvalue weighted by atomic mass is 10.1. The van der Waals surface area contributed by atoms with Crippen molar-refractivity contribution in [3.05, 3.63) is 58.9 Å². The summed E-state index contributed by atoms with van der Waals surface area (Å²) in [6, 6.07) is 7.64. The largest absolute Gasteiger partial charge is 0.321 e. The van der Waals surface area contributed by atoms with Crippen LogP contribution in [0.1, 0.15) is 11.1 Å². The van der Waals surface area contributed by atoms with Crippen molar-refractivity contribution in [3.8, 4) is 0 Å². The first-order valence-electron chi connectivity index (χ1n) is 4.66. The first kappa shape index (κ1) is 9.46.